The molecule has 1 heterocycles. The van der Waals surface area contributed by atoms with Crippen molar-refractivity contribution in [1.29, 1.82) is 0 Å². The summed E-state index contributed by atoms with van der Waals surface area (Å²) >= 11 is 6.21. The van der Waals surface area contributed by atoms with E-state index in [0.29, 0.717) is 17.5 Å². The fourth-order valence-corrected chi connectivity index (χ4v) is 2.81. The Balaban J connectivity index is 1.99. The van der Waals surface area contributed by atoms with E-state index in [-0.39, 0.29) is 6.10 Å². The zero-order chi connectivity index (χ0) is 15.2. The number of nitrogens with zero attached hydrogens (tertiary/aromatic N) is 2. The van der Waals surface area contributed by atoms with Crippen LogP contribution in [0.15, 0.2) is 29.3 Å². The Hall–Kier alpha value is -1.26. The van der Waals surface area contributed by atoms with Gasteiger partial charge < -0.3 is 15.4 Å². The van der Waals surface area contributed by atoms with E-state index in [1.165, 1.54) is 12.8 Å². The third-order valence-corrected chi connectivity index (χ3v) is 4.41. The van der Waals surface area contributed by atoms with Crippen molar-refractivity contribution < 1.29 is 4.74 Å². The van der Waals surface area contributed by atoms with Gasteiger partial charge in [-0.2, -0.15) is 0 Å². The molecule has 4 nitrogen and oxygen atoms in total. The summed E-state index contributed by atoms with van der Waals surface area (Å²) in [6.07, 6.45) is 2.18. The number of piperidine rings is 1. The second kappa shape index (κ2) is 7.66. The number of likely N-dealkylation sites (tertiary alicyclic amines) is 1. The molecule has 1 aliphatic rings. The third kappa shape index (κ3) is 4.35. The number of nitrogens with two attached hydrogens (primary N) is 1. The van der Waals surface area contributed by atoms with E-state index < -0.39 is 0 Å². The molecule has 1 fully saturated rings. The Labute approximate surface area is 131 Å². The molecule has 21 heavy (non-hydrogen) atoms. The van der Waals surface area contributed by atoms with Crippen LogP contribution in [0.2, 0.25) is 5.02 Å². The predicted molar refractivity (Wildman–Crippen MR) is 87.7 cm³/mol. The number of guanidine groups is 1. The van der Waals surface area contributed by atoms with Crippen molar-refractivity contribution in [2.75, 3.05) is 26.7 Å². The van der Waals surface area contributed by atoms with Gasteiger partial charge in [-0.3, -0.25) is 4.99 Å². The van der Waals surface area contributed by atoms with Crippen molar-refractivity contribution in [2.45, 2.75) is 25.9 Å². The van der Waals surface area contributed by atoms with Crippen LogP contribution in [0.25, 0.3) is 0 Å². The minimum atomic E-state index is -0.166. The molecule has 1 atom stereocenters. The Morgan fingerprint density at radius 1 is 1.43 bits per heavy atom. The number of rotatable bonds is 4. The van der Waals surface area contributed by atoms with Gasteiger partial charge in [0.1, 0.15) is 6.10 Å². The Morgan fingerprint density at radius 3 is 2.71 bits per heavy atom. The largest absolute Gasteiger partial charge is 0.375 e. The molecule has 1 aliphatic heterocycles. The van der Waals surface area contributed by atoms with Crippen molar-refractivity contribution in [3.8, 4) is 0 Å². The first-order valence-corrected chi connectivity index (χ1v) is 7.81. The molecule has 0 saturated carbocycles. The zero-order valence-corrected chi connectivity index (χ0v) is 13.5. The lowest BCUT2D eigenvalue weighted by Crippen LogP contribution is -2.42. The van der Waals surface area contributed by atoms with E-state index in [1.807, 2.05) is 24.3 Å². The SMILES string of the molecule is COC(CN=C(N)N1CCC(C)CC1)c1ccccc1Cl. The normalized spacial score (nSPS) is 18.8. The van der Waals surface area contributed by atoms with E-state index in [0.717, 1.165) is 24.6 Å². The van der Waals surface area contributed by atoms with E-state index in [9.17, 15) is 0 Å². The highest BCUT2D eigenvalue weighted by molar-refractivity contribution is 6.31. The minimum absolute atomic E-state index is 0.166. The van der Waals surface area contributed by atoms with Crippen LogP contribution in [0.1, 0.15) is 31.4 Å². The first-order chi connectivity index (χ1) is 10.1. The molecule has 5 heteroatoms. The molecule has 0 amide bonds. The number of halogens is 1. The highest BCUT2D eigenvalue weighted by Crippen LogP contribution is 2.25. The first kappa shape index (κ1) is 16.1. The Morgan fingerprint density at radius 2 is 2.10 bits per heavy atom. The van der Waals surface area contributed by atoms with Gasteiger partial charge in [0.15, 0.2) is 5.96 Å². The molecular formula is C16H24ClN3O. The topological polar surface area (TPSA) is 50.9 Å². The molecule has 0 aromatic heterocycles. The van der Waals surface area contributed by atoms with Crippen LogP contribution < -0.4 is 5.73 Å². The van der Waals surface area contributed by atoms with E-state index in [2.05, 4.69) is 16.8 Å². The number of hydrogen-bond donors (Lipinski definition) is 1. The van der Waals surface area contributed by atoms with E-state index in [4.69, 9.17) is 22.1 Å². The van der Waals surface area contributed by atoms with Gasteiger partial charge in [0.05, 0.1) is 6.54 Å². The zero-order valence-electron chi connectivity index (χ0n) is 12.8. The summed E-state index contributed by atoms with van der Waals surface area (Å²) in [7, 11) is 1.67. The summed E-state index contributed by atoms with van der Waals surface area (Å²) in [5.74, 6) is 1.39. The summed E-state index contributed by atoms with van der Waals surface area (Å²) in [5.41, 5.74) is 7.05. The maximum Gasteiger partial charge on any atom is 0.191 e. The lowest BCUT2D eigenvalue weighted by molar-refractivity contribution is 0.110. The smallest absolute Gasteiger partial charge is 0.191 e. The summed E-state index contributed by atoms with van der Waals surface area (Å²) in [5, 5.41) is 0.699. The van der Waals surface area contributed by atoms with Crippen molar-refractivity contribution in [2.24, 2.45) is 16.6 Å². The second-order valence-corrected chi connectivity index (χ2v) is 6.02. The van der Waals surface area contributed by atoms with Gasteiger partial charge in [-0.05, 0) is 24.8 Å². The molecule has 116 valence electrons. The van der Waals surface area contributed by atoms with Crippen LogP contribution in [-0.2, 0) is 4.74 Å². The maximum atomic E-state index is 6.21. The van der Waals surface area contributed by atoms with Crippen LogP contribution in [0.3, 0.4) is 0 Å². The molecular weight excluding hydrogens is 286 g/mol. The molecule has 0 radical (unpaired) electrons. The van der Waals surface area contributed by atoms with Crippen LogP contribution in [0, 0.1) is 5.92 Å². The average molecular weight is 310 g/mol. The summed E-state index contributed by atoms with van der Waals surface area (Å²) in [6.45, 7) is 4.74. The number of hydrogen-bond acceptors (Lipinski definition) is 2. The number of ether oxygens (including phenoxy) is 1. The minimum Gasteiger partial charge on any atom is -0.375 e. The van der Waals surface area contributed by atoms with Gasteiger partial charge in [-0.1, -0.05) is 36.7 Å². The van der Waals surface area contributed by atoms with Crippen molar-refractivity contribution in [3.05, 3.63) is 34.9 Å². The summed E-state index contributed by atoms with van der Waals surface area (Å²) in [6, 6.07) is 7.68. The molecule has 0 spiro atoms. The van der Waals surface area contributed by atoms with Gasteiger partial charge in [-0.15, -0.1) is 0 Å². The maximum absolute atomic E-state index is 6.21. The summed E-state index contributed by atoms with van der Waals surface area (Å²) < 4.78 is 5.51. The van der Waals surface area contributed by atoms with Crippen LogP contribution in [0.4, 0.5) is 0 Å². The van der Waals surface area contributed by atoms with Gasteiger partial charge >= 0.3 is 0 Å². The molecule has 2 rings (SSSR count). The molecule has 0 bridgehead atoms. The quantitative estimate of drug-likeness (QED) is 0.687. The Bertz CT molecular complexity index is 484. The lowest BCUT2D eigenvalue weighted by atomic mass is 10.00. The number of benzene rings is 1. The summed E-state index contributed by atoms with van der Waals surface area (Å²) in [4.78, 5) is 6.65. The fourth-order valence-electron chi connectivity index (χ4n) is 2.55. The second-order valence-electron chi connectivity index (χ2n) is 5.61. The number of aliphatic imine (C=N–C) groups is 1. The monoisotopic (exact) mass is 309 g/mol. The lowest BCUT2D eigenvalue weighted by Gasteiger charge is -2.31. The van der Waals surface area contributed by atoms with Gasteiger partial charge in [-0.25, -0.2) is 0 Å². The van der Waals surface area contributed by atoms with Crippen molar-refractivity contribution in [3.63, 3.8) is 0 Å². The van der Waals surface area contributed by atoms with E-state index in [1.54, 1.807) is 7.11 Å². The Kier molecular flexibility index (Phi) is 5.88. The fraction of sp³-hybridized carbons (Fsp3) is 0.562. The van der Waals surface area contributed by atoms with E-state index >= 15 is 0 Å². The molecule has 2 N–H and O–H groups in total. The molecule has 0 aliphatic carbocycles. The van der Waals surface area contributed by atoms with Crippen LogP contribution in [-0.4, -0.2) is 37.6 Å². The first-order valence-electron chi connectivity index (χ1n) is 7.44. The highest BCUT2D eigenvalue weighted by Gasteiger charge is 2.18. The van der Waals surface area contributed by atoms with Crippen molar-refractivity contribution in [1.82, 2.24) is 4.90 Å². The van der Waals surface area contributed by atoms with Gasteiger partial charge in [0.25, 0.3) is 0 Å². The molecule has 1 unspecified atom stereocenters. The number of methoxy groups -OCH3 is 1. The molecule has 1 aromatic rings. The van der Waals surface area contributed by atoms with Gasteiger partial charge in [0, 0.05) is 30.8 Å². The third-order valence-electron chi connectivity index (χ3n) is 4.06. The predicted octanol–water partition coefficient (Wildman–Crippen LogP) is 3.07. The standard InChI is InChI=1S/C16H24ClN3O/c1-12-7-9-20(10-8-12)16(18)19-11-15(21-2)13-5-3-4-6-14(13)17/h3-6,12,15H,7-11H2,1-2H3,(H2,18,19). The van der Waals surface area contributed by atoms with Crippen molar-refractivity contribution >= 4 is 17.6 Å². The highest BCUT2D eigenvalue weighted by atomic mass is 35.5. The average Bonchev–Trinajstić information content (AvgIpc) is 2.50. The van der Waals surface area contributed by atoms with Gasteiger partial charge in [0.2, 0.25) is 0 Å². The molecule has 1 aromatic carbocycles. The van der Waals surface area contributed by atoms with Crippen LogP contribution in [0.5, 0.6) is 0 Å². The molecule has 1 saturated heterocycles. The van der Waals surface area contributed by atoms with Crippen LogP contribution >= 0.6 is 11.6 Å².